The van der Waals surface area contributed by atoms with Gasteiger partial charge in [0.2, 0.25) is 11.9 Å². The molecule has 0 amide bonds. The van der Waals surface area contributed by atoms with Crippen molar-refractivity contribution in [3.8, 4) is 11.1 Å². The highest BCUT2D eigenvalue weighted by Crippen LogP contribution is 2.47. The first kappa shape index (κ1) is 29.5. The molecule has 0 N–H and O–H groups in total. The van der Waals surface area contributed by atoms with Crippen molar-refractivity contribution in [2.45, 2.75) is 75.0 Å². The van der Waals surface area contributed by atoms with Crippen molar-refractivity contribution >= 4 is 34.6 Å². The molecule has 0 bridgehead atoms. The standard InChI is InChI=1S/C44H40N6/c1-3-7-35(8-4-1)49(43-45-39(31-11-12-31)27-40(46-43)32-13-14-32)37-23-19-29(20-24-37)30-21-25-38(26-22-30)50(36-9-5-2-6-10-36)44-47-41(33-15-16-33)28-42(48-44)34-17-18-34/h1-10,19-28,31-34H,11-18H2. The molecule has 4 aliphatic carbocycles. The van der Waals surface area contributed by atoms with E-state index in [4.69, 9.17) is 19.9 Å². The molecule has 2 aromatic heterocycles. The summed E-state index contributed by atoms with van der Waals surface area (Å²) in [6.07, 6.45) is 9.81. The predicted octanol–water partition coefficient (Wildman–Crippen LogP) is 11.4. The first-order valence-electron chi connectivity index (χ1n) is 18.4. The smallest absolute Gasteiger partial charge is 0.235 e. The van der Waals surface area contributed by atoms with Crippen molar-refractivity contribution < 1.29 is 0 Å². The lowest BCUT2D eigenvalue weighted by Gasteiger charge is -2.25. The summed E-state index contributed by atoms with van der Waals surface area (Å²) in [5.41, 5.74) is 11.4. The summed E-state index contributed by atoms with van der Waals surface area (Å²) < 4.78 is 0. The third-order valence-electron chi connectivity index (χ3n) is 10.5. The van der Waals surface area contributed by atoms with Crippen LogP contribution < -0.4 is 9.80 Å². The number of hydrogen-bond donors (Lipinski definition) is 0. The SMILES string of the molecule is c1ccc(N(c2ccc(-c3ccc(N(c4ccccc4)c4nc(C5CC5)cc(C5CC5)n4)cc3)cc2)c2nc(C3CC3)cc(C3CC3)n2)cc1. The fourth-order valence-corrected chi connectivity index (χ4v) is 7.02. The van der Waals surface area contributed by atoms with Crippen molar-refractivity contribution in [3.05, 3.63) is 144 Å². The van der Waals surface area contributed by atoms with E-state index in [-0.39, 0.29) is 0 Å². The molecule has 0 saturated heterocycles. The molecule has 2 heterocycles. The van der Waals surface area contributed by atoms with Gasteiger partial charge in [0.15, 0.2) is 0 Å². The zero-order valence-electron chi connectivity index (χ0n) is 28.2. The highest BCUT2D eigenvalue weighted by molar-refractivity contribution is 5.78. The summed E-state index contributed by atoms with van der Waals surface area (Å²) >= 11 is 0. The van der Waals surface area contributed by atoms with Gasteiger partial charge >= 0.3 is 0 Å². The maximum atomic E-state index is 5.15. The van der Waals surface area contributed by atoms with Crippen LogP contribution >= 0.6 is 0 Å². The van der Waals surface area contributed by atoms with Gasteiger partial charge in [0.05, 0.1) is 0 Å². The number of anilines is 6. The number of para-hydroxylation sites is 2. The summed E-state index contributed by atoms with van der Waals surface area (Å²) in [4.78, 5) is 25.0. The number of rotatable bonds is 11. The van der Waals surface area contributed by atoms with Crippen molar-refractivity contribution in [1.82, 2.24) is 19.9 Å². The van der Waals surface area contributed by atoms with Crippen molar-refractivity contribution in [3.63, 3.8) is 0 Å². The third kappa shape index (κ3) is 6.04. The van der Waals surface area contributed by atoms with E-state index in [2.05, 4.69) is 131 Å². The molecule has 6 aromatic rings. The fraction of sp³-hybridized carbons (Fsp3) is 0.273. The van der Waals surface area contributed by atoms with Crippen LogP contribution in [-0.4, -0.2) is 19.9 Å². The Kier molecular flexibility index (Phi) is 7.21. The molecule has 4 saturated carbocycles. The van der Waals surface area contributed by atoms with E-state index in [1.54, 1.807) is 0 Å². The van der Waals surface area contributed by atoms with Crippen LogP contribution in [-0.2, 0) is 0 Å². The van der Waals surface area contributed by atoms with Gasteiger partial charge in [0.25, 0.3) is 0 Å². The van der Waals surface area contributed by atoms with Crippen molar-refractivity contribution in [2.75, 3.05) is 9.80 Å². The monoisotopic (exact) mass is 652 g/mol. The van der Waals surface area contributed by atoms with Crippen molar-refractivity contribution in [1.29, 1.82) is 0 Å². The van der Waals surface area contributed by atoms with E-state index < -0.39 is 0 Å². The second-order valence-electron chi connectivity index (χ2n) is 14.6. The fourth-order valence-electron chi connectivity index (χ4n) is 7.02. The highest BCUT2D eigenvalue weighted by atomic mass is 15.3. The van der Waals surface area contributed by atoms with Crippen LogP contribution in [0.2, 0.25) is 0 Å². The Bertz CT molecular complexity index is 1920. The molecule has 10 rings (SSSR count). The van der Waals surface area contributed by atoms with Crippen LogP contribution in [0.25, 0.3) is 11.1 Å². The quantitative estimate of drug-likeness (QED) is 0.139. The topological polar surface area (TPSA) is 58.0 Å². The number of nitrogens with zero attached hydrogens (tertiary/aromatic N) is 6. The summed E-state index contributed by atoms with van der Waals surface area (Å²) in [7, 11) is 0. The Balaban J connectivity index is 0.982. The van der Waals surface area contributed by atoms with Gasteiger partial charge in [-0.05, 0) is 123 Å². The Morgan fingerprint density at radius 1 is 0.340 bits per heavy atom. The lowest BCUT2D eigenvalue weighted by Crippen LogP contribution is -2.15. The second kappa shape index (κ2) is 12.2. The van der Waals surface area contributed by atoms with E-state index in [1.807, 2.05) is 0 Å². The van der Waals surface area contributed by atoms with E-state index in [9.17, 15) is 0 Å². The molecule has 4 aromatic carbocycles. The Morgan fingerprint density at radius 2 is 0.620 bits per heavy atom. The van der Waals surface area contributed by atoms with Gasteiger partial charge in [0, 0.05) is 69.2 Å². The molecule has 0 atom stereocenters. The van der Waals surface area contributed by atoms with Crippen LogP contribution in [0.5, 0.6) is 0 Å². The molecule has 0 unspecified atom stereocenters. The minimum atomic E-state index is 0.573. The van der Waals surface area contributed by atoms with Crippen LogP contribution in [0.15, 0.2) is 121 Å². The number of benzene rings is 4. The Labute approximate surface area is 293 Å². The van der Waals surface area contributed by atoms with Gasteiger partial charge in [-0.15, -0.1) is 0 Å². The van der Waals surface area contributed by atoms with Crippen LogP contribution in [0, 0.1) is 0 Å². The van der Waals surface area contributed by atoms with E-state index in [0.717, 1.165) is 45.8 Å². The molecule has 6 nitrogen and oxygen atoms in total. The zero-order chi connectivity index (χ0) is 33.0. The van der Waals surface area contributed by atoms with E-state index in [0.29, 0.717) is 23.7 Å². The normalized spacial score (nSPS) is 17.0. The maximum absolute atomic E-state index is 5.15. The molecule has 246 valence electrons. The lowest BCUT2D eigenvalue weighted by atomic mass is 10.0. The lowest BCUT2D eigenvalue weighted by molar-refractivity contribution is 0.910. The molecule has 4 aliphatic rings. The van der Waals surface area contributed by atoms with Crippen LogP contribution in [0.3, 0.4) is 0 Å². The average molecular weight is 653 g/mol. The molecule has 0 radical (unpaired) electrons. The number of hydrogen-bond acceptors (Lipinski definition) is 6. The molecular weight excluding hydrogens is 613 g/mol. The first-order chi connectivity index (χ1) is 24.7. The Hall–Kier alpha value is -5.36. The Morgan fingerprint density at radius 3 is 0.900 bits per heavy atom. The molecule has 0 spiro atoms. The van der Waals surface area contributed by atoms with Crippen LogP contribution in [0.4, 0.5) is 34.6 Å². The molecule has 6 heteroatoms. The van der Waals surface area contributed by atoms with Gasteiger partial charge < -0.3 is 0 Å². The summed E-state index contributed by atoms with van der Waals surface area (Å²) in [5, 5.41) is 0. The van der Waals surface area contributed by atoms with Gasteiger partial charge in [-0.3, -0.25) is 9.80 Å². The van der Waals surface area contributed by atoms with Gasteiger partial charge in [-0.2, -0.15) is 0 Å². The minimum absolute atomic E-state index is 0.573. The second-order valence-corrected chi connectivity index (χ2v) is 14.6. The molecule has 0 aliphatic heterocycles. The maximum Gasteiger partial charge on any atom is 0.235 e. The molecule has 50 heavy (non-hydrogen) atoms. The largest absolute Gasteiger partial charge is 0.279 e. The number of aromatic nitrogens is 4. The predicted molar refractivity (Wildman–Crippen MR) is 200 cm³/mol. The van der Waals surface area contributed by atoms with Gasteiger partial charge in [-0.1, -0.05) is 60.7 Å². The average Bonchev–Trinajstić information content (AvgIpc) is 3.97. The summed E-state index contributed by atoms with van der Waals surface area (Å²) in [6, 6.07) is 43.3. The summed E-state index contributed by atoms with van der Waals surface area (Å²) in [6.45, 7) is 0. The summed E-state index contributed by atoms with van der Waals surface area (Å²) in [5.74, 6) is 3.85. The van der Waals surface area contributed by atoms with Gasteiger partial charge in [0.1, 0.15) is 0 Å². The molecule has 4 fully saturated rings. The van der Waals surface area contributed by atoms with E-state index in [1.165, 1.54) is 74.1 Å². The van der Waals surface area contributed by atoms with Crippen LogP contribution in [0.1, 0.15) is 97.8 Å². The van der Waals surface area contributed by atoms with Gasteiger partial charge in [-0.25, -0.2) is 19.9 Å². The minimum Gasteiger partial charge on any atom is -0.279 e. The molecular formula is C44H40N6. The highest BCUT2D eigenvalue weighted by Gasteiger charge is 2.33. The first-order valence-corrected chi connectivity index (χ1v) is 18.4. The zero-order valence-corrected chi connectivity index (χ0v) is 28.2. The third-order valence-corrected chi connectivity index (χ3v) is 10.5. The van der Waals surface area contributed by atoms with Crippen molar-refractivity contribution in [2.24, 2.45) is 0 Å². The van der Waals surface area contributed by atoms with E-state index >= 15 is 0 Å².